The quantitative estimate of drug-likeness (QED) is 0.363. The van der Waals surface area contributed by atoms with E-state index in [9.17, 15) is 4.79 Å². The van der Waals surface area contributed by atoms with Crippen molar-refractivity contribution in [1.29, 1.82) is 0 Å². The molecular formula is C8H8N4O. The molecule has 0 saturated heterocycles. The maximum Gasteiger partial charge on any atom is 0.282 e. The molecule has 0 aliphatic rings. The van der Waals surface area contributed by atoms with Gasteiger partial charge in [-0.1, -0.05) is 0 Å². The van der Waals surface area contributed by atoms with Gasteiger partial charge in [-0.05, 0) is 18.2 Å². The van der Waals surface area contributed by atoms with Crippen LogP contribution in [0.5, 0.6) is 0 Å². The summed E-state index contributed by atoms with van der Waals surface area (Å²) in [7, 11) is 0. The average molecular weight is 176 g/mol. The number of nitrogens with zero attached hydrogens (tertiary/aromatic N) is 2. The zero-order valence-corrected chi connectivity index (χ0v) is 6.77. The van der Waals surface area contributed by atoms with Crippen LogP contribution in [-0.4, -0.2) is 15.3 Å². The highest BCUT2D eigenvalue weighted by Gasteiger charge is 2.07. The molecule has 3 N–H and O–H groups in total. The van der Waals surface area contributed by atoms with Crippen LogP contribution in [0.1, 0.15) is 10.5 Å². The second kappa shape index (κ2) is 2.87. The lowest BCUT2D eigenvalue weighted by atomic mass is 10.4. The van der Waals surface area contributed by atoms with Gasteiger partial charge in [0.1, 0.15) is 5.69 Å². The van der Waals surface area contributed by atoms with Gasteiger partial charge in [0.2, 0.25) is 0 Å². The Balaban J connectivity index is 2.64. The van der Waals surface area contributed by atoms with Crippen molar-refractivity contribution in [1.82, 2.24) is 14.8 Å². The summed E-state index contributed by atoms with van der Waals surface area (Å²) in [6.07, 6.45) is 3.24. The number of hydrazine groups is 1. The molecule has 0 atom stereocenters. The maximum absolute atomic E-state index is 11.2. The molecule has 2 aromatic heterocycles. The second-order valence-corrected chi connectivity index (χ2v) is 2.57. The summed E-state index contributed by atoms with van der Waals surface area (Å²) in [5.74, 6) is 4.70. The summed E-state index contributed by atoms with van der Waals surface area (Å²) in [4.78, 5) is 15.1. The van der Waals surface area contributed by atoms with Crippen LogP contribution in [0.25, 0.3) is 5.52 Å². The fraction of sp³-hybridized carbons (Fsp3) is 0. The molecule has 0 aromatic carbocycles. The van der Waals surface area contributed by atoms with Gasteiger partial charge in [0.05, 0.1) is 6.33 Å². The van der Waals surface area contributed by atoms with E-state index in [4.69, 9.17) is 5.84 Å². The van der Waals surface area contributed by atoms with Gasteiger partial charge in [-0.15, -0.1) is 0 Å². The third-order valence-corrected chi connectivity index (χ3v) is 1.83. The van der Waals surface area contributed by atoms with Gasteiger partial charge in [-0.3, -0.25) is 14.6 Å². The summed E-state index contributed by atoms with van der Waals surface area (Å²) in [5.41, 5.74) is 3.46. The molecule has 0 saturated carbocycles. The zero-order chi connectivity index (χ0) is 9.26. The Labute approximate surface area is 74.2 Å². The van der Waals surface area contributed by atoms with Gasteiger partial charge < -0.3 is 0 Å². The Kier molecular flexibility index (Phi) is 1.71. The standard InChI is InChI=1S/C8H8N4O/c9-11-8(13)7-2-1-6-3-4-10-5-12(6)7/h1-5H,9H2,(H,11,13). The molecule has 5 heteroatoms. The first-order chi connectivity index (χ1) is 6.33. The minimum atomic E-state index is -0.326. The predicted molar refractivity (Wildman–Crippen MR) is 46.8 cm³/mol. The lowest BCUT2D eigenvalue weighted by molar-refractivity contribution is 0.0948. The summed E-state index contributed by atoms with van der Waals surface area (Å²) in [6.45, 7) is 0. The Hall–Kier alpha value is -1.88. The summed E-state index contributed by atoms with van der Waals surface area (Å²) in [6, 6.07) is 5.33. The van der Waals surface area contributed by atoms with Crippen molar-refractivity contribution in [2.45, 2.75) is 0 Å². The van der Waals surface area contributed by atoms with Gasteiger partial charge in [-0.2, -0.15) is 0 Å². The third-order valence-electron chi connectivity index (χ3n) is 1.83. The highest BCUT2D eigenvalue weighted by atomic mass is 16.2. The van der Waals surface area contributed by atoms with Gasteiger partial charge in [0.25, 0.3) is 5.91 Å². The number of carbonyl (C=O) groups is 1. The third kappa shape index (κ3) is 1.15. The highest BCUT2D eigenvalue weighted by Crippen LogP contribution is 2.07. The number of nitrogens with one attached hydrogen (secondary N) is 1. The molecule has 2 rings (SSSR count). The summed E-state index contributed by atoms with van der Waals surface area (Å²) in [5, 5.41) is 0. The number of fused-ring (bicyclic) bond motifs is 1. The van der Waals surface area contributed by atoms with Crippen LogP contribution in [0.15, 0.2) is 30.7 Å². The van der Waals surface area contributed by atoms with Crippen LogP contribution >= 0.6 is 0 Å². The number of amides is 1. The Morgan fingerprint density at radius 1 is 1.46 bits per heavy atom. The molecule has 2 aromatic rings. The monoisotopic (exact) mass is 176 g/mol. The molecule has 0 spiro atoms. The number of hydrogen-bond acceptors (Lipinski definition) is 3. The van der Waals surface area contributed by atoms with E-state index in [1.165, 1.54) is 0 Å². The highest BCUT2D eigenvalue weighted by molar-refractivity contribution is 5.93. The topological polar surface area (TPSA) is 72.4 Å². The molecule has 0 bridgehead atoms. The molecule has 0 aliphatic carbocycles. The van der Waals surface area contributed by atoms with Gasteiger partial charge >= 0.3 is 0 Å². The Morgan fingerprint density at radius 2 is 2.31 bits per heavy atom. The molecule has 1 amide bonds. The Bertz CT molecular complexity index is 448. The summed E-state index contributed by atoms with van der Waals surface area (Å²) < 4.78 is 1.67. The average Bonchev–Trinajstić information content (AvgIpc) is 2.60. The molecular weight excluding hydrogens is 168 g/mol. The molecule has 0 fully saturated rings. The molecule has 0 unspecified atom stereocenters. The minimum Gasteiger partial charge on any atom is -0.296 e. The van der Waals surface area contributed by atoms with Crippen LogP contribution in [0.3, 0.4) is 0 Å². The fourth-order valence-corrected chi connectivity index (χ4v) is 1.21. The van der Waals surface area contributed by atoms with Crippen molar-refractivity contribution in [2.24, 2.45) is 5.84 Å². The largest absolute Gasteiger partial charge is 0.296 e. The SMILES string of the molecule is NNC(=O)c1ccc2ccncn12. The number of rotatable bonds is 1. The normalized spacial score (nSPS) is 10.2. The molecule has 66 valence electrons. The maximum atomic E-state index is 11.2. The van der Waals surface area contributed by atoms with E-state index in [1.54, 1.807) is 23.0 Å². The van der Waals surface area contributed by atoms with E-state index in [2.05, 4.69) is 10.4 Å². The molecule has 0 radical (unpaired) electrons. The first-order valence-corrected chi connectivity index (χ1v) is 3.75. The first-order valence-electron chi connectivity index (χ1n) is 3.75. The van der Waals surface area contributed by atoms with Gasteiger partial charge in [0.15, 0.2) is 0 Å². The molecule has 5 nitrogen and oxygen atoms in total. The molecule has 0 aliphatic heterocycles. The molecule has 2 heterocycles. The first kappa shape index (κ1) is 7.75. The minimum absolute atomic E-state index is 0.326. The van der Waals surface area contributed by atoms with Crippen molar-refractivity contribution in [2.75, 3.05) is 0 Å². The number of hydrogen-bond donors (Lipinski definition) is 2. The van der Waals surface area contributed by atoms with Crippen molar-refractivity contribution in [3.05, 3.63) is 36.4 Å². The lowest BCUT2D eigenvalue weighted by Gasteiger charge is -1.99. The van der Waals surface area contributed by atoms with E-state index in [0.717, 1.165) is 5.52 Å². The van der Waals surface area contributed by atoms with E-state index >= 15 is 0 Å². The van der Waals surface area contributed by atoms with Gasteiger partial charge in [-0.25, -0.2) is 10.8 Å². The smallest absolute Gasteiger partial charge is 0.282 e. The van der Waals surface area contributed by atoms with Crippen molar-refractivity contribution >= 4 is 11.4 Å². The zero-order valence-electron chi connectivity index (χ0n) is 6.77. The van der Waals surface area contributed by atoms with Crippen molar-refractivity contribution in [3.8, 4) is 0 Å². The van der Waals surface area contributed by atoms with E-state index in [1.807, 2.05) is 12.1 Å². The Morgan fingerprint density at radius 3 is 3.08 bits per heavy atom. The van der Waals surface area contributed by atoms with E-state index < -0.39 is 0 Å². The van der Waals surface area contributed by atoms with E-state index in [-0.39, 0.29) is 5.91 Å². The van der Waals surface area contributed by atoms with Crippen LogP contribution < -0.4 is 11.3 Å². The summed E-state index contributed by atoms with van der Waals surface area (Å²) >= 11 is 0. The van der Waals surface area contributed by atoms with Gasteiger partial charge in [0, 0.05) is 11.7 Å². The number of carbonyl (C=O) groups excluding carboxylic acids is 1. The number of aromatic nitrogens is 2. The number of nitrogen functional groups attached to an aromatic ring is 1. The van der Waals surface area contributed by atoms with E-state index in [0.29, 0.717) is 5.69 Å². The van der Waals surface area contributed by atoms with Crippen LogP contribution in [0, 0.1) is 0 Å². The van der Waals surface area contributed by atoms with Crippen LogP contribution in [0.2, 0.25) is 0 Å². The van der Waals surface area contributed by atoms with Crippen molar-refractivity contribution in [3.63, 3.8) is 0 Å². The fourth-order valence-electron chi connectivity index (χ4n) is 1.21. The van der Waals surface area contributed by atoms with Crippen LogP contribution in [-0.2, 0) is 0 Å². The van der Waals surface area contributed by atoms with Crippen molar-refractivity contribution < 1.29 is 4.79 Å². The number of nitrogens with two attached hydrogens (primary N) is 1. The lowest BCUT2D eigenvalue weighted by Crippen LogP contribution is -2.30. The van der Waals surface area contributed by atoms with Crippen LogP contribution in [0.4, 0.5) is 0 Å². The predicted octanol–water partition coefficient (Wildman–Crippen LogP) is -0.0622. The molecule has 13 heavy (non-hydrogen) atoms. The second-order valence-electron chi connectivity index (χ2n) is 2.57.